The largest absolute Gasteiger partial charge is 0.478 e. The van der Waals surface area contributed by atoms with Crippen molar-refractivity contribution in [2.45, 2.75) is 12.8 Å². The van der Waals surface area contributed by atoms with Gasteiger partial charge in [-0.2, -0.15) is 0 Å². The summed E-state index contributed by atoms with van der Waals surface area (Å²) in [7, 11) is 0. The number of carbonyl (C=O) groups is 2. The molecule has 3 aromatic carbocycles. The molecule has 5 nitrogen and oxygen atoms in total. The summed E-state index contributed by atoms with van der Waals surface area (Å²) in [6, 6.07) is 24.2. The second-order valence-electron chi connectivity index (χ2n) is 7.32. The molecule has 1 unspecified atom stereocenters. The zero-order valence-electron chi connectivity index (χ0n) is 16.3. The predicted octanol–water partition coefficient (Wildman–Crippen LogP) is 4.91. The summed E-state index contributed by atoms with van der Waals surface area (Å²) in [4.78, 5) is 27.5. The van der Waals surface area contributed by atoms with Gasteiger partial charge in [0.25, 0.3) is 0 Å². The van der Waals surface area contributed by atoms with E-state index in [1.165, 1.54) is 12.1 Å². The van der Waals surface area contributed by atoms with Gasteiger partial charge in [0.15, 0.2) is 0 Å². The monoisotopic (exact) mass is 398 g/mol. The molecule has 0 aliphatic heterocycles. The van der Waals surface area contributed by atoms with Crippen molar-refractivity contribution >= 4 is 28.5 Å². The van der Waals surface area contributed by atoms with Gasteiger partial charge in [-0.3, -0.25) is 4.79 Å². The Morgan fingerprint density at radius 3 is 2.30 bits per heavy atom. The summed E-state index contributed by atoms with van der Waals surface area (Å²) in [6.07, 6.45) is 3.18. The second kappa shape index (κ2) is 8.66. The lowest BCUT2D eigenvalue weighted by atomic mass is 9.91. The minimum atomic E-state index is -0.992. The lowest BCUT2D eigenvalue weighted by molar-refractivity contribution is -0.119. The Morgan fingerprint density at radius 1 is 0.867 bits per heavy atom. The van der Waals surface area contributed by atoms with Gasteiger partial charge in [-0.1, -0.05) is 48.5 Å². The van der Waals surface area contributed by atoms with Crippen LogP contribution in [0, 0.1) is 5.92 Å². The molecule has 0 bridgehead atoms. The van der Waals surface area contributed by atoms with Crippen LogP contribution in [0.25, 0.3) is 10.9 Å². The molecule has 1 heterocycles. The number of rotatable bonds is 7. The molecule has 0 saturated carbocycles. The van der Waals surface area contributed by atoms with E-state index >= 15 is 0 Å². The summed E-state index contributed by atoms with van der Waals surface area (Å²) in [5.41, 5.74) is 4.02. The fraction of sp³-hybridized carbons (Fsp3) is 0.120. The van der Waals surface area contributed by atoms with Crippen LogP contribution in [0.1, 0.15) is 21.5 Å². The summed E-state index contributed by atoms with van der Waals surface area (Å²) in [5.74, 6) is -1.35. The molecular weight excluding hydrogens is 376 g/mol. The van der Waals surface area contributed by atoms with Crippen LogP contribution in [-0.4, -0.2) is 22.0 Å². The summed E-state index contributed by atoms with van der Waals surface area (Å²) in [5, 5.41) is 13.1. The lowest BCUT2D eigenvalue weighted by Crippen LogP contribution is -2.26. The Morgan fingerprint density at radius 2 is 1.57 bits per heavy atom. The Kier molecular flexibility index (Phi) is 5.61. The summed E-state index contributed by atoms with van der Waals surface area (Å²) in [6.45, 7) is 0. The quantitative estimate of drug-likeness (QED) is 0.414. The number of aromatic amines is 1. The van der Waals surface area contributed by atoms with Gasteiger partial charge in [-0.15, -0.1) is 0 Å². The number of carbonyl (C=O) groups excluding carboxylic acids is 1. The number of hydrogen-bond acceptors (Lipinski definition) is 2. The number of aromatic nitrogens is 1. The summed E-state index contributed by atoms with van der Waals surface area (Å²) >= 11 is 0. The number of benzene rings is 3. The van der Waals surface area contributed by atoms with Crippen molar-refractivity contribution < 1.29 is 14.7 Å². The fourth-order valence-electron chi connectivity index (χ4n) is 3.66. The molecule has 30 heavy (non-hydrogen) atoms. The highest BCUT2D eigenvalue weighted by atomic mass is 16.4. The number of carboxylic acids is 1. The number of H-pyrrole nitrogens is 1. The van der Waals surface area contributed by atoms with Gasteiger partial charge in [-0.05, 0) is 54.3 Å². The van der Waals surface area contributed by atoms with Crippen molar-refractivity contribution in [1.29, 1.82) is 0 Å². The van der Waals surface area contributed by atoms with Gasteiger partial charge in [-0.25, -0.2) is 4.79 Å². The number of hydrogen-bond donors (Lipinski definition) is 3. The van der Waals surface area contributed by atoms with Gasteiger partial charge in [0.2, 0.25) is 5.91 Å². The standard InChI is InChI=1S/C25H22N2O3/c28-24(27-21-12-10-18(11-13-21)25(29)30)19(14-17-6-2-1-3-7-17)15-20-16-26-23-9-5-4-8-22(20)23/h1-13,16,19,26H,14-15H2,(H,27,28)(H,29,30). The van der Waals surface area contributed by atoms with Crippen LogP contribution in [-0.2, 0) is 17.6 Å². The van der Waals surface area contributed by atoms with Crippen LogP contribution >= 0.6 is 0 Å². The van der Waals surface area contributed by atoms with Gasteiger partial charge < -0.3 is 15.4 Å². The Hall–Kier alpha value is -3.86. The molecule has 5 heteroatoms. The molecule has 0 radical (unpaired) electrons. The topological polar surface area (TPSA) is 82.2 Å². The fourth-order valence-corrected chi connectivity index (χ4v) is 3.66. The molecular formula is C25H22N2O3. The zero-order chi connectivity index (χ0) is 20.9. The second-order valence-corrected chi connectivity index (χ2v) is 7.32. The van der Waals surface area contributed by atoms with Crippen molar-refractivity contribution in [3.05, 3.63) is 102 Å². The molecule has 0 spiro atoms. The number of para-hydroxylation sites is 1. The van der Waals surface area contributed by atoms with Gasteiger partial charge >= 0.3 is 5.97 Å². The van der Waals surface area contributed by atoms with Gasteiger partial charge in [0.05, 0.1) is 5.56 Å². The number of carboxylic acid groups (broad SMARTS) is 1. The molecule has 1 atom stereocenters. The third kappa shape index (κ3) is 4.41. The highest BCUT2D eigenvalue weighted by molar-refractivity contribution is 5.94. The molecule has 1 aromatic heterocycles. The first kappa shape index (κ1) is 19.5. The number of amides is 1. The molecule has 4 aromatic rings. The van der Waals surface area contributed by atoms with E-state index in [2.05, 4.69) is 16.4 Å². The van der Waals surface area contributed by atoms with Crippen molar-refractivity contribution in [1.82, 2.24) is 4.98 Å². The third-order valence-electron chi connectivity index (χ3n) is 5.24. The number of aromatic carboxylic acids is 1. The van der Waals surface area contributed by atoms with Crippen molar-refractivity contribution in [2.24, 2.45) is 5.92 Å². The van der Waals surface area contributed by atoms with E-state index in [0.29, 0.717) is 18.5 Å². The zero-order valence-corrected chi connectivity index (χ0v) is 16.3. The SMILES string of the molecule is O=C(O)c1ccc(NC(=O)C(Cc2ccccc2)Cc2c[nH]c3ccccc23)cc1. The minimum Gasteiger partial charge on any atom is -0.478 e. The number of anilines is 1. The molecule has 0 aliphatic rings. The molecule has 4 rings (SSSR count). The minimum absolute atomic E-state index is 0.0905. The first-order valence-corrected chi connectivity index (χ1v) is 9.83. The third-order valence-corrected chi connectivity index (χ3v) is 5.24. The van der Waals surface area contributed by atoms with Crippen LogP contribution in [0.4, 0.5) is 5.69 Å². The number of fused-ring (bicyclic) bond motifs is 1. The molecule has 1 amide bonds. The first-order chi connectivity index (χ1) is 14.6. The van der Waals surface area contributed by atoms with Crippen LogP contribution in [0.3, 0.4) is 0 Å². The molecule has 0 aliphatic carbocycles. The Balaban J connectivity index is 1.57. The maximum atomic E-state index is 13.2. The van der Waals surface area contributed by atoms with Crippen LogP contribution < -0.4 is 5.32 Å². The maximum absolute atomic E-state index is 13.2. The molecule has 0 saturated heterocycles. The van der Waals surface area contributed by atoms with E-state index in [-0.39, 0.29) is 17.4 Å². The highest BCUT2D eigenvalue weighted by Gasteiger charge is 2.21. The van der Waals surface area contributed by atoms with Crippen LogP contribution in [0.2, 0.25) is 0 Å². The van der Waals surface area contributed by atoms with Crippen LogP contribution in [0.15, 0.2) is 85.1 Å². The first-order valence-electron chi connectivity index (χ1n) is 9.83. The summed E-state index contributed by atoms with van der Waals surface area (Å²) < 4.78 is 0. The van der Waals surface area contributed by atoms with Crippen molar-refractivity contribution in [3.8, 4) is 0 Å². The van der Waals surface area contributed by atoms with Gasteiger partial charge in [0, 0.05) is 28.7 Å². The Bertz CT molecular complexity index is 1160. The average Bonchev–Trinajstić information content (AvgIpc) is 3.17. The van der Waals surface area contributed by atoms with Crippen molar-refractivity contribution in [3.63, 3.8) is 0 Å². The maximum Gasteiger partial charge on any atom is 0.335 e. The van der Waals surface area contributed by atoms with Crippen LogP contribution in [0.5, 0.6) is 0 Å². The smallest absolute Gasteiger partial charge is 0.335 e. The molecule has 0 fully saturated rings. The normalized spacial score (nSPS) is 11.9. The number of nitrogens with one attached hydrogen (secondary N) is 2. The lowest BCUT2D eigenvalue weighted by Gasteiger charge is -2.17. The average molecular weight is 398 g/mol. The van der Waals surface area contributed by atoms with E-state index in [1.54, 1.807) is 12.1 Å². The van der Waals surface area contributed by atoms with E-state index in [4.69, 9.17) is 5.11 Å². The Labute approximate surface area is 174 Å². The van der Waals surface area contributed by atoms with E-state index < -0.39 is 5.97 Å². The molecule has 150 valence electrons. The van der Waals surface area contributed by atoms with Crippen molar-refractivity contribution in [2.75, 3.05) is 5.32 Å². The van der Waals surface area contributed by atoms with E-state index in [9.17, 15) is 9.59 Å². The van der Waals surface area contributed by atoms with E-state index in [0.717, 1.165) is 22.0 Å². The molecule has 3 N–H and O–H groups in total. The highest BCUT2D eigenvalue weighted by Crippen LogP contribution is 2.24. The predicted molar refractivity (Wildman–Crippen MR) is 118 cm³/mol. The van der Waals surface area contributed by atoms with Gasteiger partial charge in [0.1, 0.15) is 0 Å². The van der Waals surface area contributed by atoms with E-state index in [1.807, 2.05) is 54.7 Å².